The first-order chi connectivity index (χ1) is 20.9. The number of hydrogen-bond donors (Lipinski definition) is 1. The number of fused-ring (bicyclic) bond motifs is 1. The summed E-state index contributed by atoms with van der Waals surface area (Å²) in [5.41, 5.74) is -0.840. The van der Waals surface area contributed by atoms with E-state index in [-0.39, 0.29) is 30.4 Å². The highest BCUT2D eigenvalue weighted by Gasteiger charge is 2.79. The number of likely N-dealkylation sites (tertiary alicyclic amines) is 1. The standard InChI is InChI=1S/C35H49N3O5/c1-4-21-36(25-26-15-9-7-10-16-26)31(40)28-29-32(41)38(23-13-14-24-39)30(35(29)20-19-34(28,6-3)43-35)33(42)37(22-5-2)27-17-11-8-12-18-27/h4-5,7,9-10,15-16,27-30,39H,1-2,6,8,11-14,17-25H2,3H3/t28-,29-,30?,34+,35?/m0/s1. The summed E-state index contributed by atoms with van der Waals surface area (Å²) < 4.78 is 7.03. The van der Waals surface area contributed by atoms with E-state index in [1.807, 2.05) is 42.2 Å². The van der Waals surface area contributed by atoms with Gasteiger partial charge in [-0.15, -0.1) is 13.2 Å². The van der Waals surface area contributed by atoms with Crippen LogP contribution in [0, 0.1) is 11.8 Å². The lowest BCUT2D eigenvalue weighted by Crippen LogP contribution is -2.58. The Bertz CT molecular complexity index is 1180. The van der Waals surface area contributed by atoms with Crippen molar-refractivity contribution in [1.82, 2.24) is 14.7 Å². The van der Waals surface area contributed by atoms with Crippen molar-refractivity contribution in [2.45, 2.75) is 101 Å². The van der Waals surface area contributed by atoms with Crippen LogP contribution in [0.1, 0.15) is 76.7 Å². The summed E-state index contributed by atoms with van der Waals surface area (Å²) in [5.74, 6) is -1.76. The van der Waals surface area contributed by atoms with E-state index in [1.54, 1.807) is 22.0 Å². The fourth-order valence-corrected chi connectivity index (χ4v) is 8.50. The van der Waals surface area contributed by atoms with Gasteiger partial charge in [0.2, 0.25) is 17.7 Å². The van der Waals surface area contributed by atoms with Crippen molar-refractivity contribution in [1.29, 1.82) is 0 Å². The van der Waals surface area contributed by atoms with Gasteiger partial charge >= 0.3 is 0 Å². The molecule has 1 aromatic carbocycles. The minimum atomic E-state index is -1.05. The first-order valence-electron chi connectivity index (χ1n) is 16.3. The normalized spacial score (nSPS) is 29.9. The topological polar surface area (TPSA) is 90.4 Å². The fraction of sp³-hybridized carbons (Fsp3) is 0.629. The molecule has 43 heavy (non-hydrogen) atoms. The maximum atomic E-state index is 14.7. The molecule has 3 saturated heterocycles. The van der Waals surface area contributed by atoms with Crippen LogP contribution in [0.5, 0.6) is 0 Å². The molecular formula is C35H49N3O5. The molecular weight excluding hydrogens is 542 g/mol. The molecule has 1 spiro atoms. The summed E-state index contributed by atoms with van der Waals surface area (Å²) >= 11 is 0. The molecule has 3 aliphatic heterocycles. The van der Waals surface area contributed by atoms with Crippen LogP contribution in [0.4, 0.5) is 0 Å². The van der Waals surface area contributed by atoms with E-state index in [0.29, 0.717) is 58.3 Å². The summed E-state index contributed by atoms with van der Waals surface area (Å²) in [6.45, 7) is 11.4. The molecule has 5 atom stereocenters. The molecule has 5 rings (SSSR count). The second-order valence-corrected chi connectivity index (χ2v) is 12.9. The van der Waals surface area contributed by atoms with Gasteiger partial charge in [0.05, 0.1) is 17.4 Å². The minimum Gasteiger partial charge on any atom is -0.396 e. The largest absolute Gasteiger partial charge is 0.396 e. The number of hydrogen-bond acceptors (Lipinski definition) is 5. The van der Waals surface area contributed by atoms with E-state index >= 15 is 0 Å². The lowest BCUT2D eigenvalue weighted by Gasteiger charge is -2.41. The van der Waals surface area contributed by atoms with Crippen molar-refractivity contribution in [2.24, 2.45) is 11.8 Å². The number of carbonyl (C=O) groups excluding carboxylic acids is 3. The first kappa shape index (κ1) is 31.5. The van der Waals surface area contributed by atoms with Gasteiger partial charge in [-0.05, 0) is 50.5 Å². The molecule has 2 bridgehead atoms. The average Bonchev–Trinajstić information content (AvgIpc) is 3.63. The highest BCUT2D eigenvalue weighted by Crippen LogP contribution is 2.64. The van der Waals surface area contributed by atoms with Crippen molar-refractivity contribution >= 4 is 17.7 Å². The molecule has 0 aromatic heterocycles. The molecule has 4 aliphatic rings. The monoisotopic (exact) mass is 591 g/mol. The van der Waals surface area contributed by atoms with Gasteiger partial charge < -0.3 is 24.5 Å². The van der Waals surface area contributed by atoms with Crippen LogP contribution in [-0.2, 0) is 25.7 Å². The number of aliphatic hydroxyl groups is 1. The Labute approximate surface area is 256 Å². The fourth-order valence-electron chi connectivity index (χ4n) is 8.50. The van der Waals surface area contributed by atoms with E-state index in [2.05, 4.69) is 13.2 Å². The van der Waals surface area contributed by atoms with Gasteiger partial charge in [-0.3, -0.25) is 14.4 Å². The van der Waals surface area contributed by atoms with Crippen LogP contribution < -0.4 is 0 Å². The van der Waals surface area contributed by atoms with Crippen molar-refractivity contribution < 1.29 is 24.2 Å². The lowest BCUT2D eigenvalue weighted by atomic mass is 9.64. The minimum absolute atomic E-state index is 0.0203. The number of aliphatic hydroxyl groups excluding tert-OH is 1. The molecule has 0 radical (unpaired) electrons. The summed E-state index contributed by atoms with van der Waals surface area (Å²) in [7, 11) is 0. The number of benzene rings is 1. The predicted molar refractivity (Wildman–Crippen MR) is 166 cm³/mol. The maximum absolute atomic E-state index is 14.7. The lowest BCUT2D eigenvalue weighted by molar-refractivity contribution is -0.156. The zero-order valence-electron chi connectivity index (χ0n) is 25.8. The van der Waals surface area contributed by atoms with Crippen LogP contribution in [0.25, 0.3) is 0 Å². The van der Waals surface area contributed by atoms with Gasteiger partial charge in [0.15, 0.2) is 0 Å². The van der Waals surface area contributed by atoms with Crippen molar-refractivity contribution in [3.05, 3.63) is 61.2 Å². The second-order valence-electron chi connectivity index (χ2n) is 12.9. The molecule has 8 heteroatoms. The van der Waals surface area contributed by atoms with E-state index < -0.39 is 29.1 Å². The van der Waals surface area contributed by atoms with Crippen LogP contribution >= 0.6 is 0 Å². The van der Waals surface area contributed by atoms with E-state index in [9.17, 15) is 19.5 Å². The Morgan fingerprint density at radius 1 is 1.05 bits per heavy atom. The zero-order valence-corrected chi connectivity index (χ0v) is 25.8. The van der Waals surface area contributed by atoms with Gasteiger partial charge in [-0.2, -0.15) is 0 Å². The number of unbranched alkanes of at least 4 members (excludes halogenated alkanes) is 1. The van der Waals surface area contributed by atoms with E-state index in [0.717, 1.165) is 31.2 Å². The summed E-state index contributed by atoms with van der Waals surface area (Å²) in [5, 5.41) is 9.52. The maximum Gasteiger partial charge on any atom is 0.248 e. The molecule has 3 heterocycles. The molecule has 1 aliphatic carbocycles. The predicted octanol–water partition coefficient (Wildman–Crippen LogP) is 4.48. The number of rotatable bonds is 14. The quantitative estimate of drug-likeness (QED) is 0.255. The molecule has 4 fully saturated rings. The van der Waals surface area contributed by atoms with Gasteiger partial charge in [0.1, 0.15) is 11.6 Å². The molecule has 8 nitrogen and oxygen atoms in total. The van der Waals surface area contributed by atoms with Gasteiger partial charge in [-0.25, -0.2) is 0 Å². The number of carbonyl (C=O) groups is 3. The number of nitrogens with zero attached hydrogens (tertiary/aromatic N) is 3. The van der Waals surface area contributed by atoms with Crippen LogP contribution in [0.15, 0.2) is 55.6 Å². The van der Waals surface area contributed by atoms with Crippen molar-refractivity contribution in [3.8, 4) is 0 Å². The van der Waals surface area contributed by atoms with Crippen molar-refractivity contribution in [2.75, 3.05) is 26.2 Å². The Kier molecular flexibility index (Phi) is 9.76. The third-order valence-corrected chi connectivity index (χ3v) is 10.5. The third-order valence-electron chi connectivity index (χ3n) is 10.5. The van der Waals surface area contributed by atoms with Gasteiger partial charge in [-0.1, -0.05) is 68.7 Å². The Morgan fingerprint density at radius 3 is 2.42 bits per heavy atom. The smallest absolute Gasteiger partial charge is 0.248 e. The van der Waals surface area contributed by atoms with Crippen LogP contribution in [0.2, 0.25) is 0 Å². The SMILES string of the molecule is C=CCN(Cc1ccccc1)C(=O)[C@@H]1[C@H]2C(=O)N(CCCCO)C(C(=O)N(CC=C)C3CCCCC3)C23CC[C@@]1(CC)O3. The summed E-state index contributed by atoms with van der Waals surface area (Å²) in [4.78, 5) is 49.3. The number of ether oxygens (including phenoxy) is 1. The highest BCUT2D eigenvalue weighted by molar-refractivity contribution is 5.99. The molecule has 1 saturated carbocycles. The second kappa shape index (κ2) is 13.3. The molecule has 234 valence electrons. The highest BCUT2D eigenvalue weighted by atomic mass is 16.5. The van der Waals surface area contributed by atoms with Gasteiger partial charge in [0.25, 0.3) is 0 Å². The van der Waals surface area contributed by atoms with Crippen LogP contribution in [-0.4, -0.2) is 87.1 Å². The Morgan fingerprint density at radius 2 is 1.77 bits per heavy atom. The average molecular weight is 592 g/mol. The molecule has 1 N–H and O–H groups in total. The molecule has 1 aromatic rings. The summed E-state index contributed by atoms with van der Waals surface area (Å²) in [6, 6.07) is 9.17. The third kappa shape index (κ3) is 5.57. The molecule has 2 unspecified atom stereocenters. The van der Waals surface area contributed by atoms with E-state index in [4.69, 9.17) is 4.74 Å². The summed E-state index contributed by atoms with van der Waals surface area (Å²) in [6.07, 6.45) is 11.6. The Balaban J connectivity index is 1.54. The first-order valence-corrected chi connectivity index (χ1v) is 16.3. The molecule has 3 amide bonds. The van der Waals surface area contributed by atoms with Crippen molar-refractivity contribution in [3.63, 3.8) is 0 Å². The van der Waals surface area contributed by atoms with Gasteiger partial charge in [0, 0.05) is 38.8 Å². The van der Waals surface area contributed by atoms with Crippen LogP contribution in [0.3, 0.4) is 0 Å². The van der Waals surface area contributed by atoms with E-state index in [1.165, 1.54) is 6.42 Å². The Hall–Kier alpha value is -2.97. The zero-order chi connectivity index (χ0) is 30.6. The number of amides is 3.